The van der Waals surface area contributed by atoms with Crippen molar-refractivity contribution in [2.24, 2.45) is 5.73 Å². The van der Waals surface area contributed by atoms with Gasteiger partial charge in [0.2, 0.25) is 0 Å². The Hall–Kier alpha value is 0.0169. The van der Waals surface area contributed by atoms with Gasteiger partial charge in [-0.15, -0.1) is 0 Å². The summed E-state index contributed by atoms with van der Waals surface area (Å²) in [6, 6.07) is 0.953. The van der Waals surface area contributed by atoms with Gasteiger partial charge in [0.25, 0.3) is 0 Å². The number of hydrogen-bond acceptors (Lipinski definition) is 5. The molecular weight excluding hydrogens is 236 g/mol. The molecule has 17 heavy (non-hydrogen) atoms. The van der Waals surface area contributed by atoms with Gasteiger partial charge < -0.3 is 24.3 Å². The Morgan fingerprint density at radius 2 is 1.59 bits per heavy atom. The Kier molecular flexibility index (Phi) is 11.1. The van der Waals surface area contributed by atoms with Crippen LogP contribution in [0.25, 0.3) is 0 Å². The predicted molar refractivity (Wildman–Crippen MR) is 72.1 cm³/mol. The summed E-state index contributed by atoms with van der Waals surface area (Å²) in [5.74, 6) is 0. The van der Waals surface area contributed by atoms with Crippen LogP contribution in [0.5, 0.6) is 0 Å². The average Bonchev–Trinajstić information content (AvgIpc) is 2.16. The molecule has 0 aromatic heterocycles. The van der Waals surface area contributed by atoms with E-state index in [0.717, 1.165) is 6.54 Å². The zero-order valence-corrected chi connectivity index (χ0v) is 12.7. The minimum atomic E-state index is -1.73. The van der Waals surface area contributed by atoms with E-state index in [2.05, 4.69) is 5.32 Å². The van der Waals surface area contributed by atoms with E-state index in [1.165, 1.54) is 6.42 Å². The SMILES string of the molecule is CC(N)C1CCN1.CCO[SiH](OCC)OCC. The Morgan fingerprint density at radius 1 is 1.18 bits per heavy atom. The highest BCUT2D eigenvalue weighted by Crippen LogP contribution is 2.03. The molecule has 5 nitrogen and oxygen atoms in total. The van der Waals surface area contributed by atoms with Crippen LogP contribution in [0, 0.1) is 0 Å². The Labute approximate surface area is 107 Å². The molecule has 0 spiro atoms. The van der Waals surface area contributed by atoms with Crippen LogP contribution in [0.4, 0.5) is 0 Å². The molecular formula is C11H28N2O3Si. The van der Waals surface area contributed by atoms with Crippen molar-refractivity contribution in [1.29, 1.82) is 0 Å². The van der Waals surface area contributed by atoms with Crippen LogP contribution in [0.2, 0.25) is 0 Å². The maximum absolute atomic E-state index is 5.54. The topological polar surface area (TPSA) is 65.7 Å². The Bertz CT molecular complexity index is 155. The molecule has 0 bridgehead atoms. The maximum Gasteiger partial charge on any atom is 0.484 e. The molecule has 2 unspecified atom stereocenters. The van der Waals surface area contributed by atoms with E-state index < -0.39 is 9.53 Å². The molecule has 6 heteroatoms. The smallest absolute Gasteiger partial charge is 0.376 e. The largest absolute Gasteiger partial charge is 0.484 e. The molecule has 1 aliphatic heterocycles. The Balaban J connectivity index is 0.000000318. The van der Waals surface area contributed by atoms with Gasteiger partial charge in [0.1, 0.15) is 0 Å². The number of nitrogens with two attached hydrogens (primary N) is 1. The second-order valence-electron chi connectivity index (χ2n) is 3.86. The predicted octanol–water partition coefficient (Wildman–Crippen LogP) is 0.509. The number of rotatable bonds is 7. The lowest BCUT2D eigenvalue weighted by molar-refractivity contribution is 0.107. The van der Waals surface area contributed by atoms with E-state index in [1.54, 1.807) is 0 Å². The standard InChI is InChI=1S/C6H16O3Si.C5H12N2/c1-4-7-10(8-5-2)9-6-3;1-4(6)5-2-3-7-5/h10H,4-6H2,1-3H3;4-5,7H,2-3,6H2,1H3. The summed E-state index contributed by atoms with van der Waals surface area (Å²) in [5, 5.41) is 3.22. The Morgan fingerprint density at radius 3 is 1.71 bits per heavy atom. The summed E-state index contributed by atoms with van der Waals surface area (Å²) in [6.45, 7) is 11.1. The van der Waals surface area contributed by atoms with Gasteiger partial charge >= 0.3 is 9.53 Å². The highest BCUT2D eigenvalue weighted by Gasteiger charge is 2.19. The van der Waals surface area contributed by atoms with Gasteiger partial charge in [0.05, 0.1) is 0 Å². The lowest BCUT2D eigenvalue weighted by Gasteiger charge is -2.30. The number of hydrogen-bond donors (Lipinski definition) is 2. The van der Waals surface area contributed by atoms with Crippen LogP contribution in [-0.2, 0) is 13.3 Å². The molecule has 0 radical (unpaired) electrons. The van der Waals surface area contributed by atoms with Gasteiger partial charge in [-0.05, 0) is 40.7 Å². The van der Waals surface area contributed by atoms with Crippen molar-refractivity contribution in [3.05, 3.63) is 0 Å². The van der Waals surface area contributed by atoms with Gasteiger partial charge in [-0.1, -0.05) is 0 Å². The minimum absolute atomic E-state index is 0.341. The van der Waals surface area contributed by atoms with Crippen molar-refractivity contribution in [2.75, 3.05) is 26.4 Å². The van der Waals surface area contributed by atoms with Crippen molar-refractivity contribution in [2.45, 2.75) is 46.2 Å². The zero-order chi connectivity index (χ0) is 13.1. The van der Waals surface area contributed by atoms with Crippen molar-refractivity contribution in [3.8, 4) is 0 Å². The molecule has 1 aliphatic rings. The van der Waals surface area contributed by atoms with Gasteiger partial charge in [-0.25, -0.2) is 0 Å². The maximum atomic E-state index is 5.54. The van der Waals surface area contributed by atoms with Crippen LogP contribution >= 0.6 is 0 Å². The molecule has 2 atom stereocenters. The molecule has 3 N–H and O–H groups in total. The molecule has 0 aromatic rings. The summed E-state index contributed by atoms with van der Waals surface area (Å²) in [5.41, 5.74) is 5.54. The van der Waals surface area contributed by atoms with Gasteiger partial charge in [-0.2, -0.15) is 0 Å². The fourth-order valence-electron chi connectivity index (χ4n) is 1.31. The summed E-state index contributed by atoms with van der Waals surface area (Å²) >= 11 is 0. The lowest BCUT2D eigenvalue weighted by atomic mass is 10.0. The molecule has 1 fully saturated rings. The summed E-state index contributed by atoms with van der Waals surface area (Å²) in [4.78, 5) is 0. The van der Waals surface area contributed by atoms with Crippen molar-refractivity contribution in [1.82, 2.24) is 5.32 Å². The third-order valence-corrected chi connectivity index (χ3v) is 4.22. The highest BCUT2D eigenvalue weighted by molar-refractivity contribution is 6.36. The van der Waals surface area contributed by atoms with Crippen LogP contribution in [0.15, 0.2) is 0 Å². The molecule has 1 heterocycles. The first-order chi connectivity index (χ1) is 8.15. The molecule has 1 saturated heterocycles. The summed E-state index contributed by atoms with van der Waals surface area (Å²) in [6.07, 6.45) is 1.26. The molecule has 0 aromatic carbocycles. The molecule has 104 valence electrons. The highest BCUT2D eigenvalue weighted by atomic mass is 28.3. The van der Waals surface area contributed by atoms with E-state index >= 15 is 0 Å². The quantitative estimate of drug-likeness (QED) is 0.656. The van der Waals surface area contributed by atoms with Crippen molar-refractivity contribution >= 4 is 9.53 Å². The van der Waals surface area contributed by atoms with E-state index in [1.807, 2.05) is 27.7 Å². The third kappa shape index (κ3) is 8.70. The van der Waals surface area contributed by atoms with E-state index in [-0.39, 0.29) is 0 Å². The first-order valence-electron chi connectivity index (χ1n) is 6.49. The minimum Gasteiger partial charge on any atom is -0.376 e. The van der Waals surface area contributed by atoms with Gasteiger partial charge in [0.15, 0.2) is 0 Å². The van der Waals surface area contributed by atoms with Crippen LogP contribution in [0.3, 0.4) is 0 Å². The van der Waals surface area contributed by atoms with Crippen LogP contribution in [0.1, 0.15) is 34.1 Å². The van der Waals surface area contributed by atoms with E-state index in [0.29, 0.717) is 31.9 Å². The molecule has 0 aliphatic carbocycles. The second kappa shape index (κ2) is 11.1. The first-order valence-corrected chi connectivity index (χ1v) is 7.90. The lowest BCUT2D eigenvalue weighted by Crippen LogP contribution is -2.52. The fraction of sp³-hybridized carbons (Fsp3) is 1.00. The van der Waals surface area contributed by atoms with Gasteiger partial charge in [-0.3, -0.25) is 0 Å². The summed E-state index contributed by atoms with van der Waals surface area (Å²) < 4.78 is 15.7. The number of nitrogens with one attached hydrogen (secondary N) is 1. The van der Waals surface area contributed by atoms with Crippen molar-refractivity contribution in [3.63, 3.8) is 0 Å². The monoisotopic (exact) mass is 264 g/mol. The summed E-state index contributed by atoms with van der Waals surface area (Å²) in [7, 11) is -1.73. The first kappa shape index (κ1) is 17.0. The van der Waals surface area contributed by atoms with Gasteiger partial charge in [0, 0.05) is 31.9 Å². The fourth-order valence-corrected chi connectivity index (χ4v) is 2.42. The van der Waals surface area contributed by atoms with Crippen molar-refractivity contribution < 1.29 is 13.3 Å². The molecule has 0 amide bonds. The van der Waals surface area contributed by atoms with E-state index in [9.17, 15) is 0 Å². The second-order valence-corrected chi connectivity index (χ2v) is 5.44. The molecule has 0 saturated carbocycles. The molecule has 1 rings (SSSR count). The third-order valence-electron chi connectivity index (χ3n) is 2.40. The average molecular weight is 264 g/mol. The normalized spacial score (nSPS) is 20.5. The van der Waals surface area contributed by atoms with E-state index in [4.69, 9.17) is 19.0 Å². The van der Waals surface area contributed by atoms with Crippen LogP contribution in [-0.4, -0.2) is 48.0 Å². The zero-order valence-electron chi connectivity index (χ0n) is 11.6. The van der Waals surface area contributed by atoms with Crippen LogP contribution < -0.4 is 11.1 Å².